The molecule has 0 bridgehead atoms. The van der Waals surface area contributed by atoms with Crippen LogP contribution in [0.1, 0.15) is 30.9 Å². The zero-order valence-corrected chi connectivity index (χ0v) is 10.3. The van der Waals surface area contributed by atoms with Gasteiger partial charge < -0.3 is 10.1 Å². The Hall–Kier alpha value is -1.02. The van der Waals surface area contributed by atoms with E-state index in [0.717, 1.165) is 18.6 Å². The zero-order chi connectivity index (χ0) is 11.4. The summed E-state index contributed by atoms with van der Waals surface area (Å²) in [5.41, 5.74) is 2.75. The Morgan fingerprint density at radius 1 is 1.44 bits per heavy atom. The Labute approximate surface area is 98.0 Å². The van der Waals surface area contributed by atoms with Crippen molar-refractivity contribution in [2.45, 2.75) is 38.6 Å². The molecule has 0 saturated carbocycles. The van der Waals surface area contributed by atoms with E-state index < -0.39 is 0 Å². The lowest BCUT2D eigenvalue weighted by Crippen LogP contribution is -2.23. The van der Waals surface area contributed by atoms with Gasteiger partial charge in [-0.05, 0) is 49.4 Å². The Bertz CT molecular complexity index is 343. The summed E-state index contributed by atoms with van der Waals surface area (Å²) in [6.07, 6.45) is 4.78. The van der Waals surface area contributed by atoms with Gasteiger partial charge in [0.2, 0.25) is 0 Å². The molecule has 2 rings (SSSR count). The molecular formula is C14H21NO. The molecule has 16 heavy (non-hydrogen) atoms. The highest BCUT2D eigenvalue weighted by molar-refractivity contribution is 5.38. The van der Waals surface area contributed by atoms with Gasteiger partial charge in [-0.1, -0.05) is 19.1 Å². The van der Waals surface area contributed by atoms with E-state index in [1.807, 2.05) is 0 Å². The van der Waals surface area contributed by atoms with Crippen molar-refractivity contribution >= 4 is 0 Å². The van der Waals surface area contributed by atoms with Crippen molar-refractivity contribution in [2.24, 2.45) is 0 Å². The van der Waals surface area contributed by atoms with Gasteiger partial charge >= 0.3 is 0 Å². The van der Waals surface area contributed by atoms with Crippen molar-refractivity contribution in [1.29, 1.82) is 0 Å². The third-order valence-electron chi connectivity index (χ3n) is 3.38. The number of methoxy groups -OCH3 is 1. The molecule has 88 valence electrons. The molecule has 1 unspecified atom stereocenters. The molecule has 0 aliphatic carbocycles. The summed E-state index contributed by atoms with van der Waals surface area (Å²) in [6.45, 7) is 3.36. The molecule has 1 atom stereocenters. The second-order valence-electron chi connectivity index (χ2n) is 4.50. The molecule has 1 N–H and O–H groups in total. The fourth-order valence-corrected chi connectivity index (χ4v) is 2.41. The number of nitrogens with one attached hydrogen (secondary N) is 1. The number of rotatable bonds is 4. The highest BCUT2D eigenvalue weighted by atomic mass is 16.5. The first-order chi connectivity index (χ1) is 7.83. The minimum Gasteiger partial charge on any atom is -0.496 e. The molecule has 1 aliphatic rings. The van der Waals surface area contributed by atoms with Crippen LogP contribution in [0.3, 0.4) is 0 Å². The lowest BCUT2D eigenvalue weighted by atomic mass is 10.0. The Kier molecular flexibility index (Phi) is 3.83. The van der Waals surface area contributed by atoms with Crippen LogP contribution < -0.4 is 10.1 Å². The minimum absolute atomic E-state index is 0.640. The van der Waals surface area contributed by atoms with Gasteiger partial charge in [0, 0.05) is 6.04 Å². The van der Waals surface area contributed by atoms with Crippen molar-refractivity contribution in [3.8, 4) is 5.75 Å². The van der Waals surface area contributed by atoms with Crippen LogP contribution in [-0.4, -0.2) is 19.7 Å². The average Bonchev–Trinajstić information content (AvgIpc) is 2.82. The molecular weight excluding hydrogens is 198 g/mol. The Balaban J connectivity index is 2.15. The van der Waals surface area contributed by atoms with Crippen LogP contribution in [0.25, 0.3) is 0 Å². The van der Waals surface area contributed by atoms with Gasteiger partial charge in [0.05, 0.1) is 7.11 Å². The fraction of sp³-hybridized carbons (Fsp3) is 0.571. The highest BCUT2D eigenvalue weighted by Crippen LogP contribution is 2.23. The van der Waals surface area contributed by atoms with Gasteiger partial charge in [0.15, 0.2) is 0 Å². The smallest absolute Gasteiger partial charge is 0.122 e. The largest absolute Gasteiger partial charge is 0.496 e. The van der Waals surface area contributed by atoms with E-state index in [4.69, 9.17) is 4.74 Å². The second-order valence-corrected chi connectivity index (χ2v) is 4.50. The van der Waals surface area contributed by atoms with Crippen LogP contribution in [-0.2, 0) is 12.8 Å². The zero-order valence-electron chi connectivity index (χ0n) is 10.3. The van der Waals surface area contributed by atoms with Crippen molar-refractivity contribution < 1.29 is 4.74 Å². The summed E-state index contributed by atoms with van der Waals surface area (Å²) >= 11 is 0. The van der Waals surface area contributed by atoms with Gasteiger partial charge in [-0.25, -0.2) is 0 Å². The van der Waals surface area contributed by atoms with Crippen molar-refractivity contribution in [3.05, 3.63) is 29.3 Å². The van der Waals surface area contributed by atoms with Crippen LogP contribution in [0.15, 0.2) is 18.2 Å². The monoisotopic (exact) mass is 219 g/mol. The van der Waals surface area contributed by atoms with Gasteiger partial charge in [0.25, 0.3) is 0 Å². The first kappa shape index (κ1) is 11.5. The maximum Gasteiger partial charge on any atom is 0.122 e. The average molecular weight is 219 g/mol. The van der Waals surface area contributed by atoms with Gasteiger partial charge in [-0.15, -0.1) is 0 Å². The van der Waals surface area contributed by atoms with E-state index in [9.17, 15) is 0 Å². The van der Waals surface area contributed by atoms with E-state index in [1.165, 1.54) is 30.5 Å². The summed E-state index contributed by atoms with van der Waals surface area (Å²) < 4.78 is 5.43. The number of ether oxygens (including phenoxy) is 1. The summed E-state index contributed by atoms with van der Waals surface area (Å²) in [4.78, 5) is 0. The summed E-state index contributed by atoms with van der Waals surface area (Å²) in [6, 6.07) is 7.19. The minimum atomic E-state index is 0.640. The third kappa shape index (κ3) is 2.56. The van der Waals surface area contributed by atoms with Gasteiger partial charge in [0.1, 0.15) is 5.75 Å². The van der Waals surface area contributed by atoms with Crippen LogP contribution in [0.2, 0.25) is 0 Å². The quantitative estimate of drug-likeness (QED) is 0.840. The molecule has 0 spiro atoms. The van der Waals surface area contributed by atoms with Crippen molar-refractivity contribution in [3.63, 3.8) is 0 Å². The molecule has 0 amide bonds. The fourth-order valence-electron chi connectivity index (χ4n) is 2.41. The van der Waals surface area contributed by atoms with Crippen molar-refractivity contribution in [2.75, 3.05) is 13.7 Å². The van der Waals surface area contributed by atoms with Gasteiger partial charge in [-0.3, -0.25) is 0 Å². The van der Waals surface area contributed by atoms with E-state index in [1.54, 1.807) is 7.11 Å². The van der Waals surface area contributed by atoms with E-state index in [0.29, 0.717) is 6.04 Å². The number of hydrogen-bond donors (Lipinski definition) is 1. The first-order valence-electron chi connectivity index (χ1n) is 6.22. The van der Waals surface area contributed by atoms with Crippen LogP contribution in [0.4, 0.5) is 0 Å². The van der Waals surface area contributed by atoms with Crippen molar-refractivity contribution in [1.82, 2.24) is 5.32 Å². The number of hydrogen-bond acceptors (Lipinski definition) is 2. The molecule has 1 aromatic carbocycles. The normalized spacial score (nSPS) is 20.0. The molecule has 1 aromatic rings. The van der Waals surface area contributed by atoms with Gasteiger partial charge in [-0.2, -0.15) is 0 Å². The maximum absolute atomic E-state index is 5.43. The summed E-state index contributed by atoms with van der Waals surface area (Å²) in [5.74, 6) is 1.03. The molecule has 1 heterocycles. The predicted octanol–water partition coefficient (Wildman–Crippen LogP) is 2.55. The molecule has 1 fully saturated rings. The molecule has 1 saturated heterocycles. The van der Waals surface area contributed by atoms with E-state index >= 15 is 0 Å². The first-order valence-corrected chi connectivity index (χ1v) is 6.22. The SMILES string of the molecule is CCc1ccc(OC)c(CC2CCCN2)c1. The number of benzene rings is 1. The second kappa shape index (κ2) is 5.35. The number of aryl methyl sites for hydroxylation is 1. The molecule has 1 aliphatic heterocycles. The predicted molar refractivity (Wildman–Crippen MR) is 67.1 cm³/mol. The topological polar surface area (TPSA) is 21.3 Å². The van der Waals surface area contributed by atoms with Crippen LogP contribution >= 0.6 is 0 Å². The Morgan fingerprint density at radius 3 is 2.94 bits per heavy atom. The molecule has 0 radical (unpaired) electrons. The van der Waals surface area contributed by atoms with E-state index in [2.05, 4.69) is 30.4 Å². The highest BCUT2D eigenvalue weighted by Gasteiger charge is 2.16. The van der Waals surface area contributed by atoms with Crippen LogP contribution in [0, 0.1) is 0 Å². The lowest BCUT2D eigenvalue weighted by molar-refractivity contribution is 0.406. The molecule has 2 nitrogen and oxygen atoms in total. The molecule has 2 heteroatoms. The Morgan fingerprint density at radius 2 is 2.31 bits per heavy atom. The van der Waals surface area contributed by atoms with Crippen LogP contribution in [0.5, 0.6) is 5.75 Å². The standard InChI is InChI=1S/C14H21NO/c1-3-11-6-7-14(16-2)12(9-11)10-13-5-4-8-15-13/h6-7,9,13,15H,3-5,8,10H2,1-2H3. The maximum atomic E-state index is 5.43. The third-order valence-corrected chi connectivity index (χ3v) is 3.38. The summed E-state index contributed by atoms with van der Waals surface area (Å²) in [5, 5.41) is 3.54. The molecule has 0 aromatic heterocycles. The van der Waals surface area contributed by atoms with E-state index in [-0.39, 0.29) is 0 Å². The summed E-state index contributed by atoms with van der Waals surface area (Å²) in [7, 11) is 1.76. The lowest BCUT2D eigenvalue weighted by Gasteiger charge is -2.14.